The third-order valence-corrected chi connectivity index (χ3v) is 1.47. The Hall–Kier alpha value is -0.120. The van der Waals surface area contributed by atoms with Gasteiger partial charge in [-0.25, -0.2) is 0 Å². The van der Waals surface area contributed by atoms with E-state index in [1.165, 1.54) is 0 Å². The van der Waals surface area contributed by atoms with Crippen molar-refractivity contribution in [2.75, 3.05) is 13.1 Å². The van der Waals surface area contributed by atoms with Crippen LogP contribution in [0.1, 0.15) is 12.8 Å². The molecule has 1 aliphatic heterocycles. The molecule has 48 valence electrons. The van der Waals surface area contributed by atoms with Gasteiger partial charge in [-0.2, -0.15) is 0 Å². The van der Waals surface area contributed by atoms with E-state index in [2.05, 4.69) is 0 Å². The van der Waals surface area contributed by atoms with Gasteiger partial charge in [0.15, 0.2) is 0 Å². The highest BCUT2D eigenvalue weighted by Gasteiger charge is 2.16. The standard InChI is InChI=1S/C5H11NO2/c7-5(8)6-3-1-2-4-6/h5,7-8H,1-4H2. The first kappa shape index (κ1) is 6.01. The molecule has 1 saturated heterocycles. The molecule has 3 nitrogen and oxygen atoms in total. The molecule has 1 rings (SSSR count). The molecule has 0 aromatic heterocycles. The molecule has 3 heteroatoms. The van der Waals surface area contributed by atoms with Gasteiger partial charge in [0.1, 0.15) is 0 Å². The van der Waals surface area contributed by atoms with Crippen LogP contribution in [0.5, 0.6) is 0 Å². The quantitative estimate of drug-likeness (QED) is 0.448. The number of aliphatic hydroxyl groups excluding tert-OH is 1. The van der Waals surface area contributed by atoms with Crippen molar-refractivity contribution >= 4 is 0 Å². The highest BCUT2D eigenvalue weighted by atomic mass is 16.5. The lowest BCUT2D eigenvalue weighted by molar-refractivity contribution is -0.145. The second kappa shape index (κ2) is 2.44. The maximum Gasteiger partial charge on any atom is 0.213 e. The molecule has 0 bridgehead atoms. The summed E-state index contributed by atoms with van der Waals surface area (Å²) in [6.07, 6.45) is 0.965. The van der Waals surface area contributed by atoms with Crippen LogP contribution in [0.2, 0.25) is 0 Å². The molecule has 0 atom stereocenters. The summed E-state index contributed by atoms with van der Waals surface area (Å²) in [5.74, 6) is 0. The monoisotopic (exact) mass is 117 g/mol. The third-order valence-electron chi connectivity index (χ3n) is 1.47. The molecule has 0 aliphatic carbocycles. The van der Waals surface area contributed by atoms with E-state index >= 15 is 0 Å². The molecular weight excluding hydrogens is 106 g/mol. The maximum absolute atomic E-state index is 8.53. The van der Waals surface area contributed by atoms with Crippen molar-refractivity contribution in [1.82, 2.24) is 4.90 Å². The summed E-state index contributed by atoms with van der Waals surface area (Å²) >= 11 is 0. The van der Waals surface area contributed by atoms with Gasteiger partial charge in [-0.3, -0.25) is 4.90 Å². The molecule has 0 saturated carbocycles. The molecule has 1 aliphatic rings. The number of rotatable bonds is 1. The summed E-state index contributed by atoms with van der Waals surface area (Å²) < 4.78 is 0. The van der Waals surface area contributed by atoms with E-state index in [0.29, 0.717) is 0 Å². The number of aliphatic hydroxyl groups is 2. The van der Waals surface area contributed by atoms with E-state index in [-0.39, 0.29) is 0 Å². The Kier molecular flexibility index (Phi) is 1.83. The molecule has 1 heterocycles. The fourth-order valence-corrected chi connectivity index (χ4v) is 0.973. The average molecular weight is 117 g/mol. The minimum atomic E-state index is -1.22. The Morgan fingerprint density at radius 1 is 1.12 bits per heavy atom. The molecule has 2 N–H and O–H groups in total. The summed E-state index contributed by atoms with van der Waals surface area (Å²) in [6, 6.07) is 0. The summed E-state index contributed by atoms with van der Waals surface area (Å²) in [6.45, 7) is 1.66. The molecule has 0 spiro atoms. The van der Waals surface area contributed by atoms with Crippen LogP contribution in [0.4, 0.5) is 0 Å². The minimum absolute atomic E-state index is 0.831. The van der Waals surface area contributed by atoms with Gasteiger partial charge in [0.2, 0.25) is 6.41 Å². The Bertz CT molecular complexity index is 68.8. The second-order valence-electron chi connectivity index (χ2n) is 2.09. The van der Waals surface area contributed by atoms with Gasteiger partial charge in [-0.1, -0.05) is 0 Å². The van der Waals surface area contributed by atoms with Crippen LogP contribution in [0, 0.1) is 0 Å². The maximum atomic E-state index is 8.53. The Morgan fingerprint density at radius 3 is 1.88 bits per heavy atom. The Morgan fingerprint density at radius 2 is 1.62 bits per heavy atom. The number of hydrogen-bond acceptors (Lipinski definition) is 3. The van der Waals surface area contributed by atoms with Crippen molar-refractivity contribution in [3.63, 3.8) is 0 Å². The predicted molar refractivity (Wildman–Crippen MR) is 29.0 cm³/mol. The molecule has 1 fully saturated rings. The zero-order chi connectivity index (χ0) is 5.98. The normalized spacial score (nSPS) is 22.9. The van der Waals surface area contributed by atoms with Crippen molar-refractivity contribution in [2.45, 2.75) is 19.3 Å². The Balaban J connectivity index is 2.24. The number of likely N-dealkylation sites (tertiary alicyclic amines) is 1. The lowest BCUT2D eigenvalue weighted by Crippen LogP contribution is -2.31. The van der Waals surface area contributed by atoms with Crippen LogP contribution in [-0.4, -0.2) is 34.6 Å². The van der Waals surface area contributed by atoms with Gasteiger partial charge in [-0.15, -0.1) is 0 Å². The van der Waals surface area contributed by atoms with E-state index in [9.17, 15) is 0 Å². The summed E-state index contributed by atoms with van der Waals surface area (Å²) in [4.78, 5) is 1.64. The smallest absolute Gasteiger partial charge is 0.213 e. The van der Waals surface area contributed by atoms with E-state index in [4.69, 9.17) is 10.2 Å². The van der Waals surface area contributed by atoms with E-state index in [1.807, 2.05) is 0 Å². The van der Waals surface area contributed by atoms with Gasteiger partial charge in [-0.05, 0) is 12.8 Å². The molecular formula is C5H11NO2. The largest absolute Gasteiger partial charge is 0.356 e. The molecule has 0 unspecified atom stereocenters. The van der Waals surface area contributed by atoms with Crippen molar-refractivity contribution in [1.29, 1.82) is 0 Å². The molecule has 0 amide bonds. The zero-order valence-corrected chi connectivity index (χ0v) is 4.75. The van der Waals surface area contributed by atoms with E-state index < -0.39 is 6.41 Å². The number of nitrogens with zero attached hydrogens (tertiary/aromatic N) is 1. The molecule has 0 aromatic carbocycles. The van der Waals surface area contributed by atoms with Gasteiger partial charge in [0, 0.05) is 13.1 Å². The van der Waals surface area contributed by atoms with Crippen LogP contribution >= 0.6 is 0 Å². The Labute approximate surface area is 48.5 Å². The minimum Gasteiger partial charge on any atom is -0.356 e. The second-order valence-corrected chi connectivity index (χ2v) is 2.09. The molecule has 0 aromatic rings. The predicted octanol–water partition coefficient (Wildman–Crippen LogP) is -0.650. The lowest BCUT2D eigenvalue weighted by atomic mass is 10.4. The summed E-state index contributed by atoms with van der Waals surface area (Å²) in [5.41, 5.74) is 0. The fourth-order valence-electron chi connectivity index (χ4n) is 0.973. The van der Waals surface area contributed by atoms with E-state index in [1.54, 1.807) is 4.90 Å². The fraction of sp³-hybridized carbons (Fsp3) is 1.00. The van der Waals surface area contributed by atoms with Crippen molar-refractivity contribution in [3.05, 3.63) is 0 Å². The zero-order valence-electron chi connectivity index (χ0n) is 4.75. The van der Waals surface area contributed by atoms with Crippen molar-refractivity contribution < 1.29 is 10.2 Å². The summed E-state index contributed by atoms with van der Waals surface area (Å²) in [5, 5.41) is 17.1. The van der Waals surface area contributed by atoms with Crippen LogP contribution in [0.25, 0.3) is 0 Å². The first-order valence-corrected chi connectivity index (χ1v) is 2.91. The van der Waals surface area contributed by atoms with Gasteiger partial charge in [0.05, 0.1) is 0 Å². The van der Waals surface area contributed by atoms with Crippen molar-refractivity contribution in [3.8, 4) is 0 Å². The van der Waals surface area contributed by atoms with Crippen LogP contribution in [-0.2, 0) is 0 Å². The first-order chi connectivity index (χ1) is 3.80. The van der Waals surface area contributed by atoms with Gasteiger partial charge in [0.25, 0.3) is 0 Å². The summed E-state index contributed by atoms with van der Waals surface area (Å²) in [7, 11) is 0. The topological polar surface area (TPSA) is 43.7 Å². The van der Waals surface area contributed by atoms with E-state index in [0.717, 1.165) is 25.9 Å². The van der Waals surface area contributed by atoms with Crippen LogP contribution < -0.4 is 0 Å². The molecule has 8 heavy (non-hydrogen) atoms. The first-order valence-electron chi connectivity index (χ1n) is 2.91. The molecule has 0 radical (unpaired) electrons. The third kappa shape index (κ3) is 1.18. The van der Waals surface area contributed by atoms with Crippen LogP contribution in [0.15, 0.2) is 0 Å². The SMILES string of the molecule is OC(O)N1CCCC1. The highest BCUT2D eigenvalue weighted by molar-refractivity contribution is 4.63. The average Bonchev–Trinajstić information content (AvgIpc) is 2.12. The van der Waals surface area contributed by atoms with Gasteiger partial charge < -0.3 is 10.2 Å². The van der Waals surface area contributed by atoms with Crippen LogP contribution in [0.3, 0.4) is 0 Å². The number of hydrogen-bond donors (Lipinski definition) is 2. The lowest BCUT2D eigenvalue weighted by Gasteiger charge is -2.15. The van der Waals surface area contributed by atoms with Gasteiger partial charge >= 0.3 is 0 Å². The van der Waals surface area contributed by atoms with Crippen molar-refractivity contribution in [2.24, 2.45) is 0 Å². The highest BCUT2D eigenvalue weighted by Crippen LogP contribution is 2.07.